The molecule has 172 valence electrons. The number of nitrogens with zero attached hydrogens (tertiary/aromatic N) is 5. The molecule has 3 aromatic rings. The van der Waals surface area contributed by atoms with Crippen LogP contribution in [-0.2, 0) is 0 Å². The first-order valence-electron chi connectivity index (χ1n) is 10.9. The molecule has 0 aliphatic carbocycles. The number of carbonyl (C=O) groups excluding carboxylic acids is 1. The van der Waals surface area contributed by atoms with E-state index in [0.29, 0.717) is 29.6 Å². The van der Waals surface area contributed by atoms with Gasteiger partial charge in [0.1, 0.15) is 11.5 Å². The number of methoxy groups -OCH3 is 2. The van der Waals surface area contributed by atoms with Crippen LogP contribution in [0.2, 0.25) is 0 Å². The van der Waals surface area contributed by atoms with Crippen molar-refractivity contribution in [3.05, 3.63) is 59.7 Å². The molecule has 1 aliphatic rings. The summed E-state index contributed by atoms with van der Waals surface area (Å²) in [6.45, 7) is 2.67. The van der Waals surface area contributed by atoms with Gasteiger partial charge in [0.2, 0.25) is 5.95 Å². The topological polar surface area (TPSA) is 80.7 Å². The molecule has 0 saturated carbocycles. The van der Waals surface area contributed by atoms with Gasteiger partial charge >= 0.3 is 0 Å². The molecule has 1 aromatic carbocycles. The van der Waals surface area contributed by atoms with Crippen LogP contribution in [0.25, 0.3) is 11.1 Å². The summed E-state index contributed by atoms with van der Waals surface area (Å²) < 4.78 is 10.8. The molecule has 0 spiro atoms. The highest BCUT2D eigenvalue weighted by Crippen LogP contribution is 2.39. The summed E-state index contributed by atoms with van der Waals surface area (Å²) in [4.78, 5) is 31.2. The van der Waals surface area contributed by atoms with Crippen molar-refractivity contribution in [2.24, 2.45) is 0 Å². The lowest BCUT2D eigenvalue weighted by molar-refractivity contribution is 0.0730. The predicted octanol–water partition coefficient (Wildman–Crippen LogP) is 3.91. The molecular weight excluding hydrogens is 418 g/mol. The normalized spacial score (nSPS) is 15.4. The van der Waals surface area contributed by atoms with Gasteiger partial charge in [-0.3, -0.25) is 9.78 Å². The molecule has 1 fully saturated rings. The first-order valence-corrected chi connectivity index (χ1v) is 10.9. The Morgan fingerprint density at radius 2 is 1.94 bits per heavy atom. The van der Waals surface area contributed by atoms with Gasteiger partial charge in [-0.2, -0.15) is 0 Å². The van der Waals surface area contributed by atoms with E-state index < -0.39 is 0 Å². The number of aryl methyl sites for hydroxylation is 1. The molecule has 0 radical (unpaired) electrons. The summed E-state index contributed by atoms with van der Waals surface area (Å²) in [6, 6.07) is 7.07. The molecule has 0 unspecified atom stereocenters. The minimum absolute atomic E-state index is 0.0839. The number of carbonyl (C=O) groups is 1. The molecule has 2 aromatic heterocycles. The van der Waals surface area contributed by atoms with E-state index in [1.807, 2.05) is 49.3 Å². The zero-order valence-corrected chi connectivity index (χ0v) is 19.7. The zero-order chi connectivity index (χ0) is 23.5. The minimum Gasteiger partial charge on any atom is -0.497 e. The molecule has 1 aliphatic heterocycles. The van der Waals surface area contributed by atoms with Gasteiger partial charge in [-0.25, -0.2) is 9.97 Å². The lowest BCUT2D eigenvalue weighted by Gasteiger charge is -2.27. The zero-order valence-electron chi connectivity index (χ0n) is 19.7. The first-order chi connectivity index (χ1) is 15.9. The van der Waals surface area contributed by atoms with E-state index in [1.165, 1.54) is 0 Å². The van der Waals surface area contributed by atoms with Gasteiger partial charge in [0.25, 0.3) is 5.91 Å². The van der Waals surface area contributed by atoms with Crippen LogP contribution in [-0.4, -0.2) is 60.6 Å². The summed E-state index contributed by atoms with van der Waals surface area (Å²) in [6.07, 6.45) is 7.18. The second-order valence-corrected chi connectivity index (χ2v) is 8.28. The first kappa shape index (κ1) is 22.5. The van der Waals surface area contributed by atoms with Crippen molar-refractivity contribution >= 4 is 11.9 Å². The standard InChI is InChI=1S/C25H29N5O3/c1-16-14-26-11-10-18(16)20-15-27-25(29(2)3)28-23(20)21-7-6-12-30(21)24(31)19-9-8-17(32-4)13-22(19)33-5/h8-11,13-15,21H,6-7,12H2,1-5H3/t21-/m1/s1. The highest BCUT2D eigenvalue weighted by atomic mass is 16.5. The highest BCUT2D eigenvalue weighted by Gasteiger charge is 2.35. The molecule has 0 N–H and O–H groups in total. The molecule has 3 heterocycles. The number of hydrogen-bond acceptors (Lipinski definition) is 7. The van der Waals surface area contributed by atoms with Crippen LogP contribution < -0.4 is 14.4 Å². The molecule has 4 rings (SSSR count). The highest BCUT2D eigenvalue weighted by molar-refractivity contribution is 5.97. The van der Waals surface area contributed by atoms with E-state index in [4.69, 9.17) is 14.5 Å². The van der Waals surface area contributed by atoms with Crippen molar-refractivity contribution < 1.29 is 14.3 Å². The number of pyridine rings is 1. The fourth-order valence-corrected chi connectivity index (χ4v) is 4.26. The number of likely N-dealkylation sites (tertiary alicyclic amines) is 1. The number of rotatable bonds is 6. The van der Waals surface area contributed by atoms with Crippen molar-refractivity contribution in [2.45, 2.75) is 25.8 Å². The summed E-state index contributed by atoms with van der Waals surface area (Å²) in [5, 5.41) is 0. The Morgan fingerprint density at radius 1 is 1.12 bits per heavy atom. The Bertz CT molecular complexity index is 1160. The van der Waals surface area contributed by atoms with Crippen LogP contribution in [0.15, 0.2) is 42.9 Å². The molecular formula is C25H29N5O3. The molecule has 33 heavy (non-hydrogen) atoms. The van der Waals surface area contributed by atoms with E-state index >= 15 is 0 Å². The predicted molar refractivity (Wildman–Crippen MR) is 127 cm³/mol. The van der Waals surface area contributed by atoms with Crippen molar-refractivity contribution in [3.8, 4) is 22.6 Å². The number of amides is 1. The number of hydrogen-bond donors (Lipinski definition) is 0. The SMILES string of the molecule is COc1ccc(C(=O)N2CCC[C@@H]2c2nc(N(C)C)ncc2-c2ccncc2C)c(OC)c1. The minimum atomic E-state index is -0.173. The van der Waals surface area contributed by atoms with Crippen LogP contribution in [0.1, 0.15) is 40.5 Å². The Kier molecular flexibility index (Phi) is 6.44. The van der Waals surface area contributed by atoms with Gasteiger partial charge in [-0.15, -0.1) is 0 Å². The Balaban J connectivity index is 1.79. The molecule has 0 bridgehead atoms. The molecule has 8 heteroatoms. The van der Waals surface area contributed by atoms with Crippen LogP contribution in [0.4, 0.5) is 5.95 Å². The number of benzene rings is 1. The van der Waals surface area contributed by atoms with Gasteiger partial charge in [0, 0.05) is 50.9 Å². The van der Waals surface area contributed by atoms with E-state index in [1.54, 1.807) is 38.6 Å². The van der Waals surface area contributed by atoms with Gasteiger partial charge in [0.15, 0.2) is 0 Å². The largest absolute Gasteiger partial charge is 0.497 e. The monoisotopic (exact) mass is 447 g/mol. The number of ether oxygens (including phenoxy) is 2. The maximum absolute atomic E-state index is 13.7. The third-order valence-electron chi connectivity index (χ3n) is 5.98. The molecule has 1 amide bonds. The Hall–Kier alpha value is -3.68. The fraction of sp³-hybridized carbons (Fsp3) is 0.360. The van der Waals surface area contributed by atoms with E-state index in [0.717, 1.165) is 35.2 Å². The molecule has 8 nitrogen and oxygen atoms in total. The van der Waals surface area contributed by atoms with Crippen LogP contribution in [0.5, 0.6) is 11.5 Å². The van der Waals surface area contributed by atoms with Crippen LogP contribution in [0.3, 0.4) is 0 Å². The summed E-state index contributed by atoms with van der Waals surface area (Å²) in [7, 11) is 6.98. The van der Waals surface area contributed by atoms with Gasteiger partial charge < -0.3 is 19.3 Å². The van der Waals surface area contributed by atoms with Crippen LogP contribution >= 0.6 is 0 Å². The van der Waals surface area contributed by atoms with Gasteiger partial charge in [-0.1, -0.05) is 0 Å². The average molecular weight is 448 g/mol. The van der Waals surface area contributed by atoms with Crippen molar-refractivity contribution in [3.63, 3.8) is 0 Å². The quantitative estimate of drug-likeness (QED) is 0.567. The summed E-state index contributed by atoms with van der Waals surface area (Å²) in [5.74, 6) is 1.66. The number of anilines is 1. The lowest BCUT2D eigenvalue weighted by atomic mass is 9.97. The Labute approximate surface area is 194 Å². The van der Waals surface area contributed by atoms with Gasteiger partial charge in [-0.05, 0) is 49.1 Å². The second-order valence-electron chi connectivity index (χ2n) is 8.28. The lowest BCUT2D eigenvalue weighted by Crippen LogP contribution is -2.32. The van der Waals surface area contributed by atoms with E-state index in [-0.39, 0.29) is 11.9 Å². The molecule has 1 atom stereocenters. The number of aromatic nitrogens is 3. The maximum atomic E-state index is 13.7. The fourth-order valence-electron chi connectivity index (χ4n) is 4.26. The van der Waals surface area contributed by atoms with Crippen LogP contribution in [0, 0.1) is 6.92 Å². The third kappa shape index (κ3) is 4.33. The average Bonchev–Trinajstić information content (AvgIpc) is 3.33. The van der Waals surface area contributed by atoms with Gasteiger partial charge in [0.05, 0.1) is 31.5 Å². The van der Waals surface area contributed by atoms with E-state index in [2.05, 4.69) is 9.97 Å². The van der Waals surface area contributed by atoms with Crippen molar-refractivity contribution in [1.29, 1.82) is 0 Å². The smallest absolute Gasteiger partial charge is 0.258 e. The van der Waals surface area contributed by atoms with E-state index in [9.17, 15) is 4.79 Å². The Morgan fingerprint density at radius 3 is 2.64 bits per heavy atom. The maximum Gasteiger partial charge on any atom is 0.258 e. The third-order valence-corrected chi connectivity index (χ3v) is 5.98. The summed E-state index contributed by atoms with van der Waals surface area (Å²) in [5.41, 5.74) is 4.33. The van der Waals surface area contributed by atoms with Crippen molar-refractivity contribution in [2.75, 3.05) is 39.8 Å². The second kappa shape index (κ2) is 9.44. The van der Waals surface area contributed by atoms with Crippen molar-refractivity contribution in [1.82, 2.24) is 19.9 Å². The molecule has 1 saturated heterocycles. The summed E-state index contributed by atoms with van der Waals surface area (Å²) >= 11 is 0.